The molecule has 0 aromatic heterocycles. The van der Waals surface area contributed by atoms with Crippen LogP contribution in [0.3, 0.4) is 0 Å². The fourth-order valence-corrected chi connectivity index (χ4v) is 9.72. The number of aliphatic hydroxyl groups excluding tert-OH is 1. The first kappa shape index (κ1) is 27.5. The van der Waals surface area contributed by atoms with Gasteiger partial charge in [0.05, 0.1) is 11.5 Å². The van der Waals surface area contributed by atoms with Gasteiger partial charge in [-0.3, -0.25) is 4.79 Å². The lowest BCUT2D eigenvalue weighted by Crippen LogP contribution is -2.58. The topological polar surface area (TPSA) is 46.5 Å². The average molecular weight is 489 g/mol. The maximum absolute atomic E-state index is 12.5. The van der Waals surface area contributed by atoms with Crippen molar-refractivity contribution in [2.75, 3.05) is 0 Å². The van der Waals surface area contributed by atoms with E-state index < -0.39 is 5.41 Å². The van der Waals surface area contributed by atoms with E-state index in [0.717, 1.165) is 55.3 Å². The first-order valence-corrected chi connectivity index (χ1v) is 15.2. The van der Waals surface area contributed by atoms with Gasteiger partial charge in [0.1, 0.15) is 6.10 Å². The minimum Gasteiger partial charge on any atom is -0.462 e. The molecule has 0 aromatic rings. The van der Waals surface area contributed by atoms with Gasteiger partial charge in [0.25, 0.3) is 0 Å². The number of aliphatic hydroxyl groups is 1. The smallest absolute Gasteiger partial charge is 0.311 e. The molecular weight excluding hydrogens is 432 g/mol. The van der Waals surface area contributed by atoms with Crippen LogP contribution in [-0.4, -0.2) is 23.3 Å². The second kappa shape index (κ2) is 9.95. The first-order valence-electron chi connectivity index (χ1n) is 15.2. The molecule has 4 saturated carbocycles. The molecule has 0 heterocycles. The quantitative estimate of drug-likeness (QED) is 0.385. The molecule has 4 unspecified atom stereocenters. The molecular formula is C32H56O3. The fourth-order valence-electron chi connectivity index (χ4n) is 9.72. The second-order valence-electron chi connectivity index (χ2n) is 15.4. The predicted octanol–water partition coefficient (Wildman–Crippen LogP) is 8.04. The van der Waals surface area contributed by atoms with Gasteiger partial charge in [-0.05, 0) is 124 Å². The van der Waals surface area contributed by atoms with Crippen LogP contribution in [0.15, 0.2) is 0 Å². The Morgan fingerprint density at radius 1 is 0.914 bits per heavy atom. The summed E-state index contributed by atoms with van der Waals surface area (Å²) in [5.41, 5.74) is 0.186. The van der Waals surface area contributed by atoms with E-state index in [1.54, 1.807) is 0 Å². The van der Waals surface area contributed by atoms with E-state index in [1.807, 2.05) is 20.8 Å². The molecule has 0 radical (unpaired) electrons. The number of ether oxygens (including phenoxy) is 1. The van der Waals surface area contributed by atoms with Crippen molar-refractivity contribution in [3.05, 3.63) is 0 Å². The zero-order valence-electron chi connectivity index (χ0n) is 24.2. The van der Waals surface area contributed by atoms with Crippen LogP contribution in [0, 0.1) is 57.7 Å². The summed E-state index contributed by atoms with van der Waals surface area (Å²) in [7, 11) is 0. The Morgan fingerprint density at radius 3 is 2.23 bits per heavy atom. The third-order valence-corrected chi connectivity index (χ3v) is 11.7. The molecule has 0 aromatic carbocycles. The number of hydrogen-bond donors (Lipinski definition) is 1. The first-order chi connectivity index (χ1) is 16.3. The van der Waals surface area contributed by atoms with Crippen molar-refractivity contribution in [2.24, 2.45) is 57.7 Å². The Bertz CT molecular complexity index is 752. The van der Waals surface area contributed by atoms with Crippen molar-refractivity contribution in [1.29, 1.82) is 0 Å². The van der Waals surface area contributed by atoms with E-state index in [4.69, 9.17) is 4.74 Å². The minimum atomic E-state index is -0.463. The van der Waals surface area contributed by atoms with Gasteiger partial charge in [0.2, 0.25) is 0 Å². The molecule has 4 rings (SSSR count). The third kappa shape index (κ3) is 5.10. The normalized spacial score (nSPS) is 44.3. The van der Waals surface area contributed by atoms with Crippen molar-refractivity contribution in [3.63, 3.8) is 0 Å². The van der Waals surface area contributed by atoms with E-state index >= 15 is 0 Å². The Morgan fingerprint density at radius 2 is 1.57 bits per heavy atom. The highest BCUT2D eigenvalue weighted by Crippen LogP contribution is 2.68. The fraction of sp³-hybridized carbons (Fsp3) is 0.969. The number of esters is 1. The van der Waals surface area contributed by atoms with Crippen LogP contribution in [0.5, 0.6) is 0 Å². The molecule has 4 aliphatic rings. The van der Waals surface area contributed by atoms with E-state index in [0.29, 0.717) is 11.3 Å². The minimum absolute atomic E-state index is 0.0255. The molecule has 202 valence electrons. The van der Waals surface area contributed by atoms with Crippen LogP contribution < -0.4 is 0 Å². The summed E-state index contributed by atoms with van der Waals surface area (Å²) in [6, 6.07) is 0. The van der Waals surface area contributed by atoms with E-state index in [2.05, 4.69) is 34.6 Å². The van der Waals surface area contributed by atoms with Crippen LogP contribution in [0.2, 0.25) is 0 Å². The van der Waals surface area contributed by atoms with Crippen LogP contribution in [-0.2, 0) is 9.53 Å². The van der Waals surface area contributed by atoms with Crippen molar-refractivity contribution >= 4 is 5.97 Å². The second-order valence-corrected chi connectivity index (χ2v) is 15.4. The maximum atomic E-state index is 12.5. The van der Waals surface area contributed by atoms with Gasteiger partial charge >= 0.3 is 5.97 Å². The lowest BCUT2D eigenvalue weighted by molar-refractivity contribution is -0.187. The highest BCUT2D eigenvalue weighted by molar-refractivity contribution is 5.75. The lowest BCUT2D eigenvalue weighted by atomic mass is 9.43. The monoisotopic (exact) mass is 488 g/mol. The van der Waals surface area contributed by atoms with Gasteiger partial charge in [0.15, 0.2) is 0 Å². The summed E-state index contributed by atoms with van der Waals surface area (Å²) in [5, 5.41) is 11.5. The highest BCUT2D eigenvalue weighted by Gasteiger charge is 2.62. The lowest BCUT2D eigenvalue weighted by Gasteiger charge is -2.62. The molecule has 0 amide bonds. The van der Waals surface area contributed by atoms with E-state index in [-0.39, 0.29) is 29.5 Å². The van der Waals surface area contributed by atoms with Crippen molar-refractivity contribution in [3.8, 4) is 0 Å². The standard InChI is InChI=1S/C32H56O3/c1-20(2)10-9-11-21(3)24-12-13-25-23-19-28(33)27-18-22(35-29(34)30(4,5)6)14-16-32(27,8)26(23)15-17-31(24,25)7/h20-28,33H,9-19H2,1-8H3/t21-,22+,23?,24-,25?,26?,27?,28-,31-,32-/m1/s1. The van der Waals surface area contributed by atoms with Gasteiger partial charge in [-0.15, -0.1) is 0 Å². The van der Waals surface area contributed by atoms with E-state index in [1.165, 1.54) is 44.9 Å². The Hall–Kier alpha value is -0.570. The molecule has 3 heteroatoms. The number of rotatable bonds is 6. The molecule has 10 atom stereocenters. The number of carbonyl (C=O) groups is 1. The van der Waals surface area contributed by atoms with Gasteiger partial charge in [0, 0.05) is 0 Å². The SMILES string of the molecule is CC(C)CCC[C@@H](C)[C@H]1CCC2C3C[C@@H](O)C4C[C@@H](OC(=O)C(C)(C)C)CC[C@]4(C)C3CC[C@@]21C. The van der Waals surface area contributed by atoms with Crippen molar-refractivity contribution in [1.82, 2.24) is 0 Å². The summed E-state index contributed by atoms with van der Waals surface area (Å²) < 4.78 is 5.96. The Labute approximate surface area is 216 Å². The number of carbonyl (C=O) groups excluding carboxylic acids is 1. The highest BCUT2D eigenvalue weighted by atomic mass is 16.5. The molecule has 4 fully saturated rings. The molecule has 0 aliphatic heterocycles. The average Bonchev–Trinajstić information content (AvgIpc) is 3.11. The summed E-state index contributed by atoms with van der Waals surface area (Å²) in [6.07, 6.45) is 13.2. The predicted molar refractivity (Wildman–Crippen MR) is 144 cm³/mol. The van der Waals surface area contributed by atoms with Gasteiger partial charge in [-0.1, -0.05) is 53.9 Å². The summed E-state index contributed by atoms with van der Waals surface area (Å²) in [6.45, 7) is 18.2. The van der Waals surface area contributed by atoms with Gasteiger partial charge < -0.3 is 9.84 Å². The summed E-state index contributed by atoms with van der Waals surface area (Å²) in [4.78, 5) is 12.5. The molecule has 1 N–H and O–H groups in total. The van der Waals surface area contributed by atoms with E-state index in [9.17, 15) is 9.90 Å². The van der Waals surface area contributed by atoms with Crippen molar-refractivity contribution in [2.45, 2.75) is 138 Å². The Kier molecular flexibility index (Phi) is 7.81. The molecule has 4 aliphatic carbocycles. The van der Waals surface area contributed by atoms with Crippen LogP contribution >= 0.6 is 0 Å². The van der Waals surface area contributed by atoms with Crippen LogP contribution in [0.4, 0.5) is 0 Å². The summed E-state index contributed by atoms with van der Waals surface area (Å²) >= 11 is 0. The zero-order chi connectivity index (χ0) is 25.8. The third-order valence-electron chi connectivity index (χ3n) is 11.7. The molecule has 0 bridgehead atoms. The molecule has 35 heavy (non-hydrogen) atoms. The molecule has 0 spiro atoms. The van der Waals surface area contributed by atoms with Crippen LogP contribution in [0.25, 0.3) is 0 Å². The van der Waals surface area contributed by atoms with Gasteiger partial charge in [-0.2, -0.15) is 0 Å². The summed E-state index contributed by atoms with van der Waals surface area (Å²) in [5.74, 6) is 4.85. The maximum Gasteiger partial charge on any atom is 0.311 e. The number of hydrogen-bond acceptors (Lipinski definition) is 3. The zero-order valence-corrected chi connectivity index (χ0v) is 24.2. The molecule has 3 nitrogen and oxygen atoms in total. The van der Waals surface area contributed by atoms with Gasteiger partial charge in [-0.25, -0.2) is 0 Å². The molecule has 0 saturated heterocycles. The Balaban J connectivity index is 1.45. The van der Waals surface area contributed by atoms with Crippen molar-refractivity contribution < 1.29 is 14.6 Å². The number of fused-ring (bicyclic) bond motifs is 5. The van der Waals surface area contributed by atoms with Crippen LogP contribution in [0.1, 0.15) is 126 Å². The largest absolute Gasteiger partial charge is 0.462 e.